The molecule has 2 rings (SSSR count). The van der Waals surface area contributed by atoms with Crippen molar-refractivity contribution in [3.8, 4) is 5.75 Å². The molecule has 0 amide bonds. The minimum atomic E-state index is -4.18. The van der Waals surface area contributed by atoms with Crippen LogP contribution in [-0.4, -0.2) is 32.7 Å². The second kappa shape index (κ2) is 7.68. The van der Waals surface area contributed by atoms with E-state index in [0.717, 1.165) is 18.8 Å². The first-order valence-corrected chi connectivity index (χ1v) is 9.28. The standard InChI is InChI=1S/C18H23NO4S/c1-4-19(16-7-5-6-14(2)12-16)10-11-23-18-9-8-17(13-15(18)3)24(20,21)22/h5-9,12-13H,4,10-11H2,1-3H3,(H,20,21,22). The van der Waals surface area contributed by atoms with Gasteiger partial charge in [0.1, 0.15) is 12.4 Å². The lowest BCUT2D eigenvalue weighted by atomic mass is 10.2. The Labute approximate surface area is 143 Å². The molecular weight excluding hydrogens is 326 g/mol. The van der Waals surface area contributed by atoms with Crippen LogP contribution in [0.2, 0.25) is 0 Å². The van der Waals surface area contributed by atoms with Gasteiger partial charge in [-0.15, -0.1) is 0 Å². The van der Waals surface area contributed by atoms with Gasteiger partial charge in [-0.25, -0.2) is 0 Å². The van der Waals surface area contributed by atoms with Crippen LogP contribution in [0, 0.1) is 13.8 Å². The summed E-state index contributed by atoms with van der Waals surface area (Å²) in [5.41, 5.74) is 3.03. The van der Waals surface area contributed by atoms with Crippen molar-refractivity contribution in [3.05, 3.63) is 53.6 Å². The van der Waals surface area contributed by atoms with Crippen LogP contribution in [-0.2, 0) is 10.1 Å². The minimum absolute atomic E-state index is 0.123. The molecule has 0 aliphatic rings. The van der Waals surface area contributed by atoms with E-state index in [-0.39, 0.29) is 4.90 Å². The molecule has 2 aromatic rings. The van der Waals surface area contributed by atoms with E-state index in [1.165, 1.54) is 17.7 Å². The van der Waals surface area contributed by atoms with Crippen LogP contribution < -0.4 is 9.64 Å². The van der Waals surface area contributed by atoms with E-state index in [9.17, 15) is 8.42 Å². The Bertz CT molecular complexity index is 802. The fourth-order valence-corrected chi connectivity index (χ4v) is 3.07. The molecule has 24 heavy (non-hydrogen) atoms. The van der Waals surface area contributed by atoms with Gasteiger partial charge in [-0.2, -0.15) is 8.42 Å². The highest BCUT2D eigenvalue weighted by molar-refractivity contribution is 7.85. The maximum absolute atomic E-state index is 11.1. The highest BCUT2D eigenvalue weighted by atomic mass is 32.2. The minimum Gasteiger partial charge on any atom is -0.491 e. The Morgan fingerprint density at radius 2 is 1.88 bits per heavy atom. The fraction of sp³-hybridized carbons (Fsp3) is 0.333. The monoisotopic (exact) mass is 349 g/mol. The smallest absolute Gasteiger partial charge is 0.294 e. The fourth-order valence-electron chi connectivity index (χ4n) is 2.50. The van der Waals surface area contributed by atoms with Crippen molar-refractivity contribution >= 4 is 15.8 Å². The normalized spacial score (nSPS) is 11.3. The van der Waals surface area contributed by atoms with Crippen molar-refractivity contribution in [2.24, 2.45) is 0 Å². The lowest BCUT2D eigenvalue weighted by Crippen LogP contribution is -2.28. The van der Waals surface area contributed by atoms with Crippen LogP contribution in [0.4, 0.5) is 5.69 Å². The number of ether oxygens (including phenoxy) is 1. The Hall–Kier alpha value is -2.05. The average Bonchev–Trinajstić information content (AvgIpc) is 2.52. The Kier molecular flexibility index (Phi) is 5.85. The van der Waals surface area contributed by atoms with E-state index in [0.29, 0.717) is 17.9 Å². The zero-order valence-electron chi connectivity index (χ0n) is 14.2. The summed E-state index contributed by atoms with van der Waals surface area (Å²) in [7, 11) is -4.18. The number of nitrogens with zero attached hydrogens (tertiary/aromatic N) is 1. The van der Waals surface area contributed by atoms with E-state index < -0.39 is 10.1 Å². The van der Waals surface area contributed by atoms with Crippen molar-refractivity contribution in [1.29, 1.82) is 0 Å². The predicted octanol–water partition coefficient (Wildman–Crippen LogP) is 3.46. The third-order valence-electron chi connectivity index (χ3n) is 3.81. The number of anilines is 1. The maximum Gasteiger partial charge on any atom is 0.294 e. The van der Waals surface area contributed by atoms with Gasteiger partial charge >= 0.3 is 0 Å². The lowest BCUT2D eigenvalue weighted by molar-refractivity contribution is 0.322. The van der Waals surface area contributed by atoms with Crippen LogP contribution in [0.15, 0.2) is 47.4 Å². The molecule has 0 radical (unpaired) electrons. The maximum atomic E-state index is 11.1. The van der Waals surface area contributed by atoms with Crippen molar-refractivity contribution in [2.45, 2.75) is 25.7 Å². The van der Waals surface area contributed by atoms with Gasteiger partial charge in [0.15, 0.2) is 0 Å². The first-order valence-electron chi connectivity index (χ1n) is 7.84. The molecule has 6 heteroatoms. The predicted molar refractivity (Wildman–Crippen MR) is 95.6 cm³/mol. The third kappa shape index (κ3) is 4.72. The molecule has 2 aromatic carbocycles. The number of likely N-dealkylation sites (N-methyl/N-ethyl adjacent to an activating group) is 1. The van der Waals surface area contributed by atoms with Crippen molar-refractivity contribution < 1.29 is 17.7 Å². The van der Waals surface area contributed by atoms with E-state index in [1.54, 1.807) is 13.0 Å². The number of rotatable bonds is 7. The molecule has 0 saturated heterocycles. The number of benzene rings is 2. The average molecular weight is 349 g/mol. The molecule has 0 spiro atoms. The Morgan fingerprint density at radius 3 is 2.46 bits per heavy atom. The number of hydrogen-bond donors (Lipinski definition) is 1. The topological polar surface area (TPSA) is 66.8 Å². The largest absolute Gasteiger partial charge is 0.491 e. The summed E-state index contributed by atoms with van der Waals surface area (Å²) in [6, 6.07) is 12.6. The zero-order chi connectivity index (χ0) is 17.7. The molecule has 0 bridgehead atoms. The van der Waals surface area contributed by atoms with Crippen molar-refractivity contribution in [1.82, 2.24) is 0 Å². The molecule has 0 aliphatic heterocycles. The first-order chi connectivity index (χ1) is 11.3. The van der Waals surface area contributed by atoms with Gasteiger partial charge in [0.05, 0.1) is 11.4 Å². The highest BCUT2D eigenvalue weighted by Gasteiger charge is 2.12. The van der Waals surface area contributed by atoms with E-state index in [1.807, 2.05) is 6.07 Å². The molecule has 0 unspecified atom stereocenters. The van der Waals surface area contributed by atoms with Crippen LogP contribution in [0.25, 0.3) is 0 Å². The molecule has 0 fully saturated rings. The number of hydrogen-bond acceptors (Lipinski definition) is 4. The summed E-state index contributed by atoms with van der Waals surface area (Å²) in [4.78, 5) is 2.09. The molecule has 5 nitrogen and oxygen atoms in total. The summed E-state index contributed by atoms with van der Waals surface area (Å²) in [6.45, 7) is 7.98. The van der Waals surface area contributed by atoms with Crippen molar-refractivity contribution in [3.63, 3.8) is 0 Å². The molecular formula is C18H23NO4S. The summed E-state index contributed by atoms with van der Waals surface area (Å²) in [5.74, 6) is 0.614. The third-order valence-corrected chi connectivity index (χ3v) is 4.66. The SMILES string of the molecule is CCN(CCOc1ccc(S(=O)(=O)O)cc1C)c1cccc(C)c1. The molecule has 1 N–H and O–H groups in total. The van der Waals surface area contributed by atoms with Crippen LogP contribution in [0.3, 0.4) is 0 Å². The van der Waals surface area contributed by atoms with Gasteiger partial charge < -0.3 is 9.64 Å². The number of aryl methyl sites for hydroxylation is 2. The molecule has 0 aliphatic carbocycles. The second-order valence-corrected chi connectivity index (χ2v) is 7.09. The Morgan fingerprint density at radius 1 is 1.12 bits per heavy atom. The van der Waals surface area contributed by atoms with Crippen LogP contribution in [0.5, 0.6) is 5.75 Å². The van der Waals surface area contributed by atoms with Crippen LogP contribution >= 0.6 is 0 Å². The van der Waals surface area contributed by atoms with Gasteiger partial charge in [0.2, 0.25) is 0 Å². The molecule has 0 heterocycles. The van der Waals surface area contributed by atoms with E-state index >= 15 is 0 Å². The van der Waals surface area contributed by atoms with Crippen molar-refractivity contribution in [2.75, 3.05) is 24.6 Å². The molecule has 0 saturated carbocycles. The van der Waals surface area contributed by atoms with E-state index in [4.69, 9.17) is 9.29 Å². The zero-order valence-corrected chi connectivity index (χ0v) is 15.0. The van der Waals surface area contributed by atoms with E-state index in [2.05, 4.69) is 36.9 Å². The van der Waals surface area contributed by atoms with Gasteiger partial charge in [0.25, 0.3) is 10.1 Å². The molecule has 0 aromatic heterocycles. The molecule has 0 atom stereocenters. The Balaban J connectivity index is 2.00. The first kappa shape index (κ1) is 18.3. The van der Waals surface area contributed by atoms with Gasteiger partial charge in [-0.1, -0.05) is 12.1 Å². The van der Waals surface area contributed by atoms with Crippen LogP contribution in [0.1, 0.15) is 18.1 Å². The van der Waals surface area contributed by atoms with Gasteiger partial charge in [-0.05, 0) is 62.2 Å². The highest BCUT2D eigenvalue weighted by Crippen LogP contribution is 2.22. The summed E-state index contributed by atoms with van der Waals surface area (Å²) >= 11 is 0. The summed E-state index contributed by atoms with van der Waals surface area (Å²) in [6.07, 6.45) is 0. The summed E-state index contributed by atoms with van der Waals surface area (Å²) in [5, 5.41) is 0. The summed E-state index contributed by atoms with van der Waals surface area (Å²) < 4.78 is 37.1. The quantitative estimate of drug-likeness (QED) is 0.776. The second-order valence-electron chi connectivity index (χ2n) is 5.67. The van der Waals surface area contributed by atoms with Gasteiger partial charge in [-0.3, -0.25) is 4.55 Å². The molecule has 130 valence electrons. The lowest BCUT2D eigenvalue weighted by Gasteiger charge is -2.23. The van der Waals surface area contributed by atoms with Gasteiger partial charge in [0, 0.05) is 12.2 Å².